The first-order valence-electron chi connectivity index (χ1n) is 6.07. The van der Waals surface area contributed by atoms with Gasteiger partial charge in [-0.2, -0.15) is 13.2 Å². The fraction of sp³-hybridized carbons (Fsp3) is 0.538. The van der Waals surface area contributed by atoms with Crippen molar-refractivity contribution in [3.05, 3.63) is 29.8 Å². The molecule has 0 aliphatic carbocycles. The van der Waals surface area contributed by atoms with Gasteiger partial charge < -0.3 is 15.2 Å². The van der Waals surface area contributed by atoms with Gasteiger partial charge in [-0.3, -0.25) is 0 Å². The van der Waals surface area contributed by atoms with Crippen molar-refractivity contribution in [1.29, 1.82) is 0 Å². The lowest BCUT2D eigenvalue weighted by atomic mass is 10.1. The number of hydrogen-bond donors (Lipinski definition) is 1. The second-order valence-electron chi connectivity index (χ2n) is 4.01. The fourth-order valence-corrected chi connectivity index (χ4v) is 1.43. The Balaban J connectivity index is 2.12. The van der Waals surface area contributed by atoms with E-state index in [0.717, 1.165) is 12.0 Å². The number of rotatable bonds is 8. The molecular weight excluding hydrogens is 259 g/mol. The van der Waals surface area contributed by atoms with Crippen LogP contribution in [0.4, 0.5) is 13.2 Å². The Bertz CT molecular complexity index is 352. The number of nitrogens with two attached hydrogens (primary N) is 1. The van der Waals surface area contributed by atoms with Gasteiger partial charge in [0.25, 0.3) is 0 Å². The van der Waals surface area contributed by atoms with E-state index < -0.39 is 12.6 Å². The lowest BCUT2D eigenvalue weighted by molar-refractivity contribution is -0.145. The summed E-state index contributed by atoms with van der Waals surface area (Å²) in [6.07, 6.45) is -4.29. The first kappa shape index (κ1) is 15.8. The highest BCUT2D eigenvalue weighted by Crippen LogP contribution is 2.19. The molecule has 0 amide bonds. The third kappa shape index (κ3) is 7.69. The van der Waals surface area contributed by atoms with Gasteiger partial charge in [0.2, 0.25) is 0 Å². The molecular formula is C13H18F3NO2. The van der Waals surface area contributed by atoms with Crippen LogP contribution in [0.1, 0.15) is 12.0 Å². The van der Waals surface area contributed by atoms with E-state index >= 15 is 0 Å². The Morgan fingerprint density at radius 1 is 1.00 bits per heavy atom. The summed E-state index contributed by atoms with van der Waals surface area (Å²) in [6.45, 7) is 0.629. The minimum Gasteiger partial charge on any atom is -0.491 e. The topological polar surface area (TPSA) is 44.5 Å². The van der Waals surface area contributed by atoms with E-state index in [4.69, 9.17) is 15.2 Å². The molecule has 108 valence electrons. The molecule has 6 heteroatoms. The van der Waals surface area contributed by atoms with E-state index in [1.54, 1.807) is 12.1 Å². The molecule has 0 bridgehead atoms. The maximum atomic E-state index is 11.8. The molecule has 0 fully saturated rings. The Hall–Kier alpha value is -1.27. The van der Waals surface area contributed by atoms with E-state index in [1.807, 2.05) is 12.1 Å². The molecule has 1 aromatic rings. The third-order valence-corrected chi connectivity index (χ3v) is 2.38. The molecule has 19 heavy (non-hydrogen) atoms. The smallest absolute Gasteiger partial charge is 0.391 e. The third-order valence-electron chi connectivity index (χ3n) is 2.38. The maximum absolute atomic E-state index is 11.8. The van der Waals surface area contributed by atoms with Gasteiger partial charge in [-0.15, -0.1) is 0 Å². The Labute approximate surface area is 110 Å². The fourth-order valence-electron chi connectivity index (χ4n) is 1.43. The summed E-state index contributed by atoms with van der Waals surface area (Å²) < 4.78 is 45.6. The van der Waals surface area contributed by atoms with Crippen LogP contribution in [0.2, 0.25) is 0 Å². The number of ether oxygens (including phenoxy) is 2. The van der Waals surface area contributed by atoms with Gasteiger partial charge in [0.15, 0.2) is 0 Å². The summed E-state index contributed by atoms with van der Waals surface area (Å²) in [5.74, 6) is 0.667. The lowest BCUT2D eigenvalue weighted by Gasteiger charge is -2.09. The van der Waals surface area contributed by atoms with Gasteiger partial charge in [-0.25, -0.2) is 0 Å². The first-order chi connectivity index (χ1) is 9.01. The number of alkyl halides is 3. The average Bonchev–Trinajstić information content (AvgIpc) is 2.35. The zero-order chi connectivity index (χ0) is 14.1. The monoisotopic (exact) mass is 277 g/mol. The molecule has 0 spiro atoms. The molecule has 0 heterocycles. The molecule has 0 aromatic heterocycles. The van der Waals surface area contributed by atoms with Crippen molar-refractivity contribution in [1.82, 2.24) is 0 Å². The van der Waals surface area contributed by atoms with Gasteiger partial charge in [0.05, 0.1) is 19.6 Å². The summed E-state index contributed by atoms with van der Waals surface area (Å²) in [7, 11) is 0. The van der Waals surface area contributed by atoms with E-state index in [2.05, 4.69) is 0 Å². The highest BCUT2D eigenvalue weighted by molar-refractivity contribution is 5.27. The molecule has 0 radical (unpaired) electrons. The van der Waals surface area contributed by atoms with Crippen LogP contribution in [0.15, 0.2) is 24.3 Å². The van der Waals surface area contributed by atoms with E-state index in [9.17, 15) is 13.2 Å². The van der Waals surface area contributed by atoms with Gasteiger partial charge in [-0.1, -0.05) is 12.1 Å². The highest BCUT2D eigenvalue weighted by atomic mass is 19.4. The predicted molar refractivity (Wildman–Crippen MR) is 66.2 cm³/mol. The zero-order valence-corrected chi connectivity index (χ0v) is 10.6. The van der Waals surface area contributed by atoms with Crippen LogP contribution in [-0.4, -0.2) is 32.5 Å². The summed E-state index contributed by atoms with van der Waals surface area (Å²) in [4.78, 5) is 0. The lowest BCUT2D eigenvalue weighted by Crippen LogP contribution is -2.14. The van der Waals surface area contributed by atoms with Crippen molar-refractivity contribution in [2.45, 2.75) is 19.0 Å². The van der Waals surface area contributed by atoms with Crippen LogP contribution >= 0.6 is 0 Å². The standard InChI is InChI=1S/C13H18F3NO2/c14-13(15,16)6-8-18-9-10-19-12-3-1-11(2-4-12)5-7-17/h1-4H,5-10,17H2. The van der Waals surface area contributed by atoms with Crippen molar-refractivity contribution in [2.24, 2.45) is 5.73 Å². The Kier molecular flexibility index (Phi) is 6.66. The quantitative estimate of drug-likeness (QED) is 0.743. The average molecular weight is 277 g/mol. The summed E-state index contributed by atoms with van der Waals surface area (Å²) >= 11 is 0. The van der Waals surface area contributed by atoms with Crippen LogP contribution in [-0.2, 0) is 11.2 Å². The summed E-state index contributed by atoms with van der Waals surface area (Å²) in [6, 6.07) is 7.43. The molecule has 0 aliphatic rings. The largest absolute Gasteiger partial charge is 0.491 e. The van der Waals surface area contributed by atoms with Gasteiger partial charge >= 0.3 is 6.18 Å². The second-order valence-corrected chi connectivity index (χ2v) is 4.01. The molecule has 0 aliphatic heterocycles. The number of halogens is 3. The van der Waals surface area contributed by atoms with Gasteiger partial charge in [0, 0.05) is 0 Å². The Morgan fingerprint density at radius 2 is 1.68 bits per heavy atom. The number of benzene rings is 1. The van der Waals surface area contributed by atoms with Crippen LogP contribution in [0.25, 0.3) is 0 Å². The van der Waals surface area contributed by atoms with Crippen molar-refractivity contribution >= 4 is 0 Å². The molecule has 2 N–H and O–H groups in total. The van der Waals surface area contributed by atoms with Crippen molar-refractivity contribution < 1.29 is 22.6 Å². The molecule has 1 aromatic carbocycles. The van der Waals surface area contributed by atoms with E-state index in [1.165, 1.54) is 0 Å². The van der Waals surface area contributed by atoms with E-state index in [-0.39, 0.29) is 19.8 Å². The van der Waals surface area contributed by atoms with Crippen LogP contribution < -0.4 is 10.5 Å². The van der Waals surface area contributed by atoms with Crippen LogP contribution in [0.3, 0.4) is 0 Å². The van der Waals surface area contributed by atoms with Crippen molar-refractivity contribution in [3.8, 4) is 5.75 Å². The molecule has 0 atom stereocenters. The van der Waals surface area contributed by atoms with Gasteiger partial charge in [0.1, 0.15) is 12.4 Å². The van der Waals surface area contributed by atoms with Crippen molar-refractivity contribution in [3.63, 3.8) is 0 Å². The summed E-state index contributed by atoms with van der Waals surface area (Å²) in [5, 5.41) is 0. The zero-order valence-electron chi connectivity index (χ0n) is 10.6. The van der Waals surface area contributed by atoms with Crippen LogP contribution in [0, 0.1) is 0 Å². The molecule has 1 rings (SSSR count). The van der Waals surface area contributed by atoms with Crippen molar-refractivity contribution in [2.75, 3.05) is 26.4 Å². The Morgan fingerprint density at radius 3 is 2.26 bits per heavy atom. The molecule has 3 nitrogen and oxygen atoms in total. The second kappa shape index (κ2) is 8.01. The van der Waals surface area contributed by atoms with E-state index in [0.29, 0.717) is 12.3 Å². The normalized spacial score (nSPS) is 11.6. The molecule has 0 saturated heterocycles. The predicted octanol–water partition coefficient (Wildman–Crippen LogP) is 2.54. The first-order valence-corrected chi connectivity index (χ1v) is 6.07. The van der Waals surface area contributed by atoms with Gasteiger partial charge in [-0.05, 0) is 30.7 Å². The highest BCUT2D eigenvalue weighted by Gasteiger charge is 2.26. The number of hydrogen-bond acceptors (Lipinski definition) is 3. The minimum absolute atomic E-state index is 0.140. The molecule has 0 unspecified atom stereocenters. The molecule has 0 saturated carbocycles. The SMILES string of the molecule is NCCc1ccc(OCCOCCC(F)(F)F)cc1. The summed E-state index contributed by atoms with van der Waals surface area (Å²) in [5.41, 5.74) is 6.55. The maximum Gasteiger partial charge on any atom is 0.391 e. The minimum atomic E-state index is -4.17. The van der Waals surface area contributed by atoms with Crippen LogP contribution in [0.5, 0.6) is 5.75 Å².